The van der Waals surface area contributed by atoms with E-state index in [0.29, 0.717) is 22.2 Å². The Bertz CT molecular complexity index is 774. The molecule has 1 amide bonds. The molecule has 0 unspecified atom stereocenters. The van der Waals surface area contributed by atoms with E-state index in [1.807, 2.05) is 0 Å². The van der Waals surface area contributed by atoms with Gasteiger partial charge in [-0.05, 0) is 30.3 Å². The number of ether oxygens (including phenoxy) is 3. The molecule has 0 atom stereocenters. The van der Waals surface area contributed by atoms with Crippen molar-refractivity contribution < 1.29 is 23.8 Å². The van der Waals surface area contributed by atoms with Crippen molar-refractivity contribution in [2.24, 2.45) is 0 Å². The molecular weight excluding hydrogens is 414 g/mol. The summed E-state index contributed by atoms with van der Waals surface area (Å²) in [6.07, 6.45) is 0. The molecule has 1 N–H and O–H groups in total. The lowest BCUT2D eigenvalue weighted by Gasteiger charge is -2.10. The lowest BCUT2D eigenvalue weighted by atomic mass is 10.2. The quantitative estimate of drug-likeness (QED) is 0.706. The molecule has 0 fully saturated rings. The minimum absolute atomic E-state index is 0.214. The summed E-state index contributed by atoms with van der Waals surface area (Å²) in [5, 5.41) is 2.94. The lowest BCUT2D eigenvalue weighted by Crippen LogP contribution is -2.21. The molecule has 2 aromatic rings. The molecule has 132 valence electrons. The number of amides is 1. The van der Waals surface area contributed by atoms with Crippen LogP contribution in [0, 0.1) is 0 Å². The number of benzene rings is 2. The van der Waals surface area contributed by atoms with Gasteiger partial charge in [-0.1, -0.05) is 27.5 Å². The molecule has 0 aliphatic heterocycles. The maximum atomic E-state index is 12.1. The van der Waals surface area contributed by atoms with Crippen molar-refractivity contribution in [2.45, 2.75) is 0 Å². The minimum atomic E-state index is -0.672. The lowest BCUT2D eigenvalue weighted by molar-refractivity contribution is -0.119. The maximum Gasteiger partial charge on any atom is 0.338 e. The first-order valence-electron chi connectivity index (χ1n) is 7.08. The minimum Gasteiger partial charge on any atom is -0.497 e. The van der Waals surface area contributed by atoms with Crippen LogP contribution >= 0.6 is 27.5 Å². The van der Waals surface area contributed by atoms with Crippen molar-refractivity contribution in [2.75, 3.05) is 26.1 Å². The van der Waals surface area contributed by atoms with Crippen LogP contribution in [0.4, 0.5) is 5.69 Å². The molecule has 0 heterocycles. The van der Waals surface area contributed by atoms with Crippen LogP contribution in [0.3, 0.4) is 0 Å². The van der Waals surface area contributed by atoms with Crippen LogP contribution in [-0.4, -0.2) is 32.7 Å². The Kier molecular flexibility index (Phi) is 6.66. The summed E-state index contributed by atoms with van der Waals surface area (Å²) in [5.41, 5.74) is 0.639. The molecule has 2 rings (SSSR count). The van der Waals surface area contributed by atoms with E-state index in [1.165, 1.54) is 26.4 Å². The van der Waals surface area contributed by atoms with Crippen molar-refractivity contribution >= 4 is 45.1 Å². The van der Waals surface area contributed by atoms with Gasteiger partial charge < -0.3 is 19.5 Å². The van der Waals surface area contributed by atoms with Gasteiger partial charge in [0, 0.05) is 10.5 Å². The van der Waals surface area contributed by atoms with Crippen molar-refractivity contribution in [3.63, 3.8) is 0 Å². The van der Waals surface area contributed by atoms with Crippen LogP contribution in [0.2, 0.25) is 5.02 Å². The van der Waals surface area contributed by atoms with Crippen molar-refractivity contribution in [1.29, 1.82) is 0 Å². The third kappa shape index (κ3) is 5.37. The fourth-order valence-electron chi connectivity index (χ4n) is 1.92. The van der Waals surface area contributed by atoms with E-state index in [0.717, 1.165) is 4.47 Å². The van der Waals surface area contributed by atoms with E-state index in [2.05, 4.69) is 21.2 Å². The van der Waals surface area contributed by atoms with Crippen molar-refractivity contribution in [3.05, 3.63) is 51.5 Å². The highest BCUT2D eigenvalue weighted by atomic mass is 79.9. The van der Waals surface area contributed by atoms with E-state index in [9.17, 15) is 9.59 Å². The van der Waals surface area contributed by atoms with Crippen molar-refractivity contribution in [3.8, 4) is 11.5 Å². The monoisotopic (exact) mass is 427 g/mol. The number of methoxy groups -OCH3 is 2. The number of anilines is 1. The second-order valence-corrected chi connectivity index (χ2v) is 6.17. The Balaban J connectivity index is 1.98. The van der Waals surface area contributed by atoms with Gasteiger partial charge in [-0.2, -0.15) is 0 Å². The molecule has 0 saturated carbocycles. The molecule has 0 aliphatic carbocycles. The third-order valence-corrected chi connectivity index (χ3v) is 3.93. The first kappa shape index (κ1) is 19.1. The number of nitrogens with one attached hydrogen (secondary N) is 1. The number of carbonyl (C=O) groups excluding carboxylic acids is 2. The van der Waals surface area contributed by atoms with Crippen LogP contribution in [-0.2, 0) is 9.53 Å². The first-order chi connectivity index (χ1) is 11.9. The van der Waals surface area contributed by atoms with Gasteiger partial charge in [0.1, 0.15) is 11.5 Å². The van der Waals surface area contributed by atoms with E-state index < -0.39 is 18.5 Å². The SMILES string of the molecule is COc1cc(OC)cc(C(=O)OCC(=O)Nc2ccc(Br)cc2Cl)c1. The summed E-state index contributed by atoms with van der Waals surface area (Å²) in [6, 6.07) is 9.63. The predicted octanol–water partition coefficient (Wildman–Crippen LogP) is 3.92. The summed E-state index contributed by atoms with van der Waals surface area (Å²) in [6.45, 7) is -0.454. The molecule has 0 saturated heterocycles. The first-order valence-corrected chi connectivity index (χ1v) is 8.25. The van der Waals surface area contributed by atoms with Crippen LogP contribution in [0.25, 0.3) is 0 Å². The predicted molar refractivity (Wildman–Crippen MR) is 97.6 cm³/mol. The molecule has 0 spiro atoms. The Morgan fingerprint density at radius 1 is 1.08 bits per heavy atom. The number of esters is 1. The average molecular weight is 429 g/mol. The smallest absolute Gasteiger partial charge is 0.338 e. The van der Waals surface area contributed by atoms with Gasteiger partial charge in [-0.25, -0.2) is 4.79 Å². The highest BCUT2D eigenvalue weighted by Gasteiger charge is 2.14. The molecule has 0 bridgehead atoms. The summed E-state index contributed by atoms with van der Waals surface area (Å²) in [4.78, 5) is 24.0. The van der Waals surface area contributed by atoms with Gasteiger partial charge in [0.2, 0.25) is 0 Å². The summed E-state index contributed by atoms with van der Waals surface area (Å²) in [7, 11) is 2.94. The standard InChI is InChI=1S/C17H15BrClNO5/c1-23-12-5-10(6-13(8-12)24-2)17(22)25-9-16(21)20-15-4-3-11(18)7-14(15)19/h3-8H,9H2,1-2H3,(H,20,21). The van der Waals surface area contributed by atoms with E-state index in [1.54, 1.807) is 24.3 Å². The van der Waals surface area contributed by atoms with Crippen LogP contribution in [0.1, 0.15) is 10.4 Å². The zero-order chi connectivity index (χ0) is 18.4. The molecule has 8 heteroatoms. The Labute approximate surface area is 158 Å². The fourth-order valence-corrected chi connectivity index (χ4v) is 2.64. The van der Waals surface area contributed by atoms with E-state index in [-0.39, 0.29) is 5.56 Å². The molecule has 2 aromatic carbocycles. The normalized spacial score (nSPS) is 10.1. The number of hydrogen-bond acceptors (Lipinski definition) is 5. The molecule has 0 radical (unpaired) electrons. The van der Waals surface area contributed by atoms with Gasteiger partial charge in [0.25, 0.3) is 5.91 Å². The Morgan fingerprint density at radius 2 is 1.72 bits per heavy atom. The van der Waals surface area contributed by atoms with Crippen LogP contribution in [0.15, 0.2) is 40.9 Å². The number of rotatable bonds is 6. The van der Waals surface area contributed by atoms with Gasteiger partial charge in [0.05, 0.1) is 30.5 Å². The largest absolute Gasteiger partial charge is 0.497 e. The fraction of sp³-hybridized carbons (Fsp3) is 0.176. The number of hydrogen-bond donors (Lipinski definition) is 1. The second-order valence-electron chi connectivity index (χ2n) is 4.85. The molecule has 6 nitrogen and oxygen atoms in total. The Morgan fingerprint density at radius 3 is 2.28 bits per heavy atom. The third-order valence-electron chi connectivity index (χ3n) is 3.13. The van der Waals surface area contributed by atoms with Crippen LogP contribution < -0.4 is 14.8 Å². The second kappa shape index (κ2) is 8.73. The van der Waals surface area contributed by atoms with Gasteiger partial charge in [0.15, 0.2) is 6.61 Å². The van der Waals surface area contributed by atoms with E-state index >= 15 is 0 Å². The van der Waals surface area contributed by atoms with E-state index in [4.69, 9.17) is 25.8 Å². The summed E-state index contributed by atoms with van der Waals surface area (Å²) >= 11 is 9.29. The zero-order valence-corrected chi connectivity index (χ0v) is 15.8. The zero-order valence-electron chi connectivity index (χ0n) is 13.5. The summed E-state index contributed by atoms with van der Waals surface area (Å²) < 4.78 is 16.0. The number of carbonyl (C=O) groups is 2. The molecule has 0 aromatic heterocycles. The Hall–Kier alpha value is -2.25. The van der Waals surface area contributed by atoms with Gasteiger partial charge in [-0.3, -0.25) is 4.79 Å². The topological polar surface area (TPSA) is 73.9 Å². The summed E-state index contributed by atoms with van der Waals surface area (Å²) in [5.74, 6) is -0.295. The maximum absolute atomic E-state index is 12.1. The molecule has 25 heavy (non-hydrogen) atoms. The highest BCUT2D eigenvalue weighted by molar-refractivity contribution is 9.10. The van der Waals surface area contributed by atoms with Crippen molar-refractivity contribution in [1.82, 2.24) is 0 Å². The average Bonchev–Trinajstić information content (AvgIpc) is 2.61. The molecular formula is C17H15BrClNO5. The van der Waals surface area contributed by atoms with Gasteiger partial charge >= 0.3 is 5.97 Å². The van der Waals surface area contributed by atoms with Gasteiger partial charge in [-0.15, -0.1) is 0 Å². The highest BCUT2D eigenvalue weighted by Crippen LogP contribution is 2.26. The number of halogens is 2. The van der Waals surface area contributed by atoms with Crippen LogP contribution in [0.5, 0.6) is 11.5 Å². The molecule has 0 aliphatic rings.